The molecule has 0 aromatic carbocycles. The molecule has 194 valence electrons. The molecule has 1 heterocycles. The quantitative estimate of drug-likeness (QED) is 0.465. The van der Waals surface area contributed by atoms with Crippen LogP contribution in [0.25, 0.3) is 0 Å². The molecule has 5 rings (SSSR count). The van der Waals surface area contributed by atoms with Crippen LogP contribution in [0.2, 0.25) is 0 Å². The highest BCUT2D eigenvalue weighted by molar-refractivity contribution is 5.96. The molecule has 8 atom stereocenters. The molecule has 0 radical (unpaired) electrons. The predicted octanol–water partition coefficient (Wildman–Crippen LogP) is 2.82. The van der Waals surface area contributed by atoms with Crippen LogP contribution in [-0.2, 0) is 19.2 Å². The number of likely N-dealkylation sites (tertiary alicyclic amines) is 1. The second-order valence-corrected chi connectivity index (χ2v) is 12.0. The molecule has 1 saturated heterocycles. The number of methoxy groups -OCH3 is 1. The van der Waals surface area contributed by atoms with E-state index in [1.807, 2.05) is 0 Å². The lowest BCUT2D eigenvalue weighted by atomic mass is 9.47. The molecule has 0 spiro atoms. The van der Waals surface area contributed by atoms with Gasteiger partial charge in [0.15, 0.2) is 6.61 Å². The number of allylic oxidation sites excluding steroid dienone is 2. The number of ether oxygens (including phenoxy) is 1. The summed E-state index contributed by atoms with van der Waals surface area (Å²) in [5.74, 6) is 1.09. The molecule has 4 fully saturated rings. The number of aliphatic hydroxyl groups excluding tert-OH is 2. The second kappa shape index (κ2) is 9.18. The summed E-state index contributed by atoms with van der Waals surface area (Å²) < 4.78 is 4.76. The predicted molar refractivity (Wildman–Crippen MR) is 129 cm³/mol. The van der Waals surface area contributed by atoms with Gasteiger partial charge in [-0.05, 0) is 86.0 Å². The zero-order valence-corrected chi connectivity index (χ0v) is 21.2. The van der Waals surface area contributed by atoms with Crippen LogP contribution in [0.3, 0.4) is 0 Å². The summed E-state index contributed by atoms with van der Waals surface area (Å²) in [5, 5.41) is 24.8. The number of amides is 1. The summed E-state index contributed by atoms with van der Waals surface area (Å²) in [6.07, 6.45) is 9.99. The van der Waals surface area contributed by atoms with Gasteiger partial charge in [0.05, 0.1) is 25.0 Å². The number of rotatable bonds is 4. The number of fused-ring (bicyclic) bond motifs is 5. The molecule has 3 saturated carbocycles. The van der Waals surface area contributed by atoms with Crippen LogP contribution in [0.15, 0.2) is 16.8 Å². The van der Waals surface area contributed by atoms with Crippen molar-refractivity contribution in [2.75, 3.05) is 20.3 Å². The SMILES string of the molecule is COC(=O)[C@H]1C[C@@H](O)CN1C(=O)CO/N=C1\C=C2CC[C@H]3[C@@H](CC[C@]4(C)[C@@H](O)CC[C@@H]34)[C@@]2(C)CC1. The first-order chi connectivity index (χ1) is 16.7. The number of nitrogens with zero attached hydrogens (tertiary/aromatic N) is 2. The first-order valence-corrected chi connectivity index (χ1v) is 13.3. The standard InChI is InChI=1S/C27H40N2O6/c1-26-10-8-17(28-35-15-24(32)29-14-18(30)13-22(29)25(33)34-3)12-16(26)4-5-19-20-6-7-23(31)27(20,2)11-9-21(19)26/h12,18-23,30-31H,4-11,13-15H2,1-3H3/b28-17-/t18-,19-,20+,21-,22-,23+,26+,27+/m1/s1. The average molecular weight is 489 g/mol. The van der Waals surface area contributed by atoms with E-state index in [1.165, 1.54) is 30.4 Å². The lowest BCUT2D eigenvalue weighted by molar-refractivity contribution is -0.152. The topological polar surface area (TPSA) is 109 Å². The summed E-state index contributed by atoms with van der Waals surface area (Å²) in [7, 11) is 1.28. The molecule has 2 N–H and O–H groups in total. The molecule has 1 amide bonds. The largest absolute Gasteiger partial charge is 0.467 e. The van der Waals surface area contributed by atoms with Crippen LogP contribution in [0.1, 0.15) is 71.6 Å². The molecule has 0 unspecified atom stereocenters. The first kappa shape index (κ1) is 24.8. The Morgan fingerprint density at radius 3 is 2.69 bits per heavy atom. The van der Waals surface area contributed by atoms with Crippen molar-refractivity contribution in [3.8, 4) is 0 Å². The molecule has 0 aromatic heterocycles. The highest BCUT2D eigenvalue weighted by atomic mass is 16.6. The van der Waals surface area contributed by atoms with E-state index < -0.39 is 18.1 Å². The molecule has 0 bridgehead atoms. The van der Waals surface area contributed by atoms with E-state index in [9.17, 15) is 19.8 Å². The van der Waals surface area contributed by atoms with Gasteiger partial charge in [0, 0.05) is 13.0 Å². The van der Waals surface area contributed by atoms with Gasteiger partial charge in [-0.1, -0.05) is 24.6 Å². The summed E-state index contributed by atoms with van der Waals surface area (Å²) in [5.41, 5.74) is 2.59. The maximum atomic E-state index is 12.6. The van der Waals surface area contributed by atoms with Crippen LogP contribution in [0, 0.1) is 28.6 Å². The maximum Gasteiger partial charge on any atom is 0.328 e. The maximum absolute atomic E-state index is 12.6. The zero-order chi connectivity index (χ0) is 25.0. The van der Waals surface area contributed by atoms with Crippen molar-refractivity contribution < 1.29 is 29.4 Å². The molecule has 8 heteroatoms. The molecular weight excluding hydrogens is 448 g/mol. The fourth-order valence-electron chi connectivity index (χ4n) is 8.32. The van der Waals surface area contributed by atoms with E-state index in [0.29, 0.717) is 17.8 Å². The van der Waals surface area contributed by atoms with E-state index in [-0.39, 0.29) is 42.4 Å². The van der Waals surface area contributed by atoms with Crippen LogP contribution in [0.4, 0.5) is 0 Å². The molecular formula is C27H40N2O6. The van der Waals surface area contributed by atoms with Crippen LogP contribution in [0.5, 0.6) is 0 Å². The van der Waals surface area contributed by atoms with Crippen molar-refractivity contribution in [3.63, 3.8) is 0 Å². The molecule has 0 aromatic rings. The minimum atomic E-state index is -0.773. The van der Waals surface area contributed by atoms with Crippen LogP contribution in [-0.4, -0.2) is 71.2 Å². The summed E-state index contributed by atoms with van der Waals surface area (Å²) in [6, 6.07) is -0.773. The molecule has 5 aliphatic rings. The fourth-order valence-corrected chi connectivity index (χ4v) is 8.32. The Balaban J connectivity index is 1.23. The van der Waals surface area contributed by atoms with Gasteiger partial charge in [0.1, 0.15) is 6.04 Å². The van der Waals surface area contributed by atoms with E-state index in [1.54, 1.807) is 0 Å². The van der Waals surface area contributed by atoms with Crippen molar-refractivity contribution in [2.24, 2.45) is 33.7 Å². The zero-order valence-electron chi connectivity index (χ0n) is 21.2. The smallest absolute Gasteiger partial charge is 0.328 e. The fraction of sp³-hybridized carbons (Fsp3) is 0.815. The van der Waals surface area contributed by atoms with Crippen molar-refractivity contribution in [2.45, 2.75) is 89.9 Å². The lowest BCUT2D eigenvalue weighted by Crippen LogP contribution is -2.51. The molecule has 4 aliphatic carbocycles. The Bertz CT molecular complexity index is 933. The first-order valence-electron chi connectivity index (χ1n) is 13.3. The van der Waals surface area contributed by atoms with E-state index >= 15 is 0 Å². The number of β-amino-alcohol motifs (C(OH)–C–C–N with tert-alkyl or cyclic N) is 1. The third-order valence-corrected chi connectivity index (χ3v) is 10.4. The van der Waals surface area contributed by atoms with Crippen molar-refractivity contribution in [1.29, 1.82) is 0 Å². The van der Waals surface area contributed by atoms with Gasteiger partial charge in [-0.3, -0.25) is 4.79 Å². The average Bonchev–Trinajstić information content (AvgIpc) is 3.38. The van der Waals surface area contributed by atoms with Gasteiger partial charge >= 0.3 is 5.97 Å². The Kier molecular flexibility index (Phi) is 6.49. The number of hydrogen-bond acceptors (Lipinski definition) is 7. The Hall–Kier alpha value is -1.93. The number of esters is 1. The lowest BCUT2D eigenvalue weighted by Gasteiger charge is -2.57. The number of carbonyl (C=O) groups is 2. The molecule has 1 aliphatic heterocycles. The third kappa shape index (κ3) is 4.10. The summed E-state index contributed by atoms with van der Waals surface area (Å²) in [6.45, 7) is 4.58. The Morgan fingerprint density at radius 2 is 1.91 bits per heavy atom. The number of hydrogen-bond donors (Lipinski definition) is 2. The van der Waals surface area contributed by atoms with E-state index in [4.69, 9.17) is 9.57 Å². The number of oxime groups is 1. The van der Waals surface area contributed by atoms with Gasteiger partial charge < -0.3 is 24.7 Å². The summed E-state index contributed by atoms with van der Waals surface area (Å²) >= 11 is 0. The highest BCUT2D eigenvalue weighted by Gasteiger charge is 2.58. The van der Waals surface area contributed by atoms with Crippen molar-refractivity contribution in [1.82, 2.24) is 4.90 Å². The minimum Gasteiger partial charge on any atom is -0.467 e. The molecule has 35 heavy (non-hydrogen) atoms. The van der Waals surface area contributed by atoms with E-state index in [0.717, 1.165) is 44.2 Å². The highest BCUT2D eigenvalue weighted by Crippen LogP contribution is 2.65. The van der Waals surface area contributed by atoms with Crippen LogP contribution < -0.4 is 0 Å². The van der Waals surface area contributed by atoms with Gasteiger partial charge in [0.2, 0.25) is 0 Å². The second-order valence-electron chi connectivity index (χ2n) is 12.0. The monoisotopic (exact) mass is 488 g/mol. The number of carbonyl (C=O) groups excluding carboxylic acids is 2. The Morgan fingerprint density at radius 1 is 1.11 bits per heavy atom. The Labute approximate surface area is 207 Å². The van der Waals surface area contributed by atoms with Crippen LogP contribution >= 0.6 is 0 Å². The van der Waals surface area contributed by atoms with E-state index in [2.05, 4.69) is 25.1 Å². The molecule has 8 nitrogen and oxygen atoms in total. The number of aliphatic hydroxyl groups is 2. The van der Waals surface area contributed by atoms with Crippen molar-refractivity contribution in [3.05, 3.63) is 11.6 Å². The van der Waals surface area contributed by atoms with Crippen molar-refractivity contribution >= 4 is 17.6 Å². The summed E-state index contributed by atoms with van der Waals surface area (Å²) in [4.78, 5) is 31.3. The minimum absolute atomic E-state index is 0.0959. The van der Waals surface area contributed by atoms with Gasteiger partial charge in [-0.15, -0.1) is 0 Å². The van der Waals surface area contributed by atoms with Gasteiger partial charge in [-0.2, -0.15) is 0 Å². The van der Waals surface area contributed by atoms with Gasteiger partial charge in [-0.25, -0.2) is 4.79 Å². The van der Waals surface area contributed by atoms with Gasteiger partial charge in [0.25, 0.3) is 5.91 Å². The third-order valence-electron chi connectivity index (χ3n) is 10.4. The normalized spacial score (nSPS) is 43.7.